The molecule has 0 amide bonds. The van der Waals surface area contributed by atoms with E-state index in [1.54, 1.807) is 0 Å². The second-order valence-electron chi connectivity index (χ2n) is 5.97. The maximum Gasteiger partial charge on any atom is 0.170 e. The molecule has 2 N–H and O–H groups in total. The Morgan fingerprint density at radius 3 is 2.38 bits per heavy atom. The molecule has 0 saturated carbocycles. The van der Waals surface area contributed by atoms with Gasteiger partial charge in [-0.25, -0.2) is 0 Å². The zero-order valence-electron chi connectivity index (χ0n) is 14.2. The maximum absolute atomic E-state index is 5.91. The molecule has 1 unspecified atom stereocenters. The smallest absolute Gasteiger partial charge is 0.170 e. The molecule has 2 aromatic carbocycles. The Morgan fingerprint density at radius 2 is 1.75 bits per heavy atom. The minimum Gasteiger partial charge on any atom is -0.362 e. The van der Waals surface area contributed by atoms with Crippen molar-refractivity contribution in [3.8, 4) is 0 Å². The highest BCUT2D eigenvalue weighted by Gasteiger charge is 2.07. The third kappa shape index (κ3) is 6.00. The molecule has 24 heavy (non-hydrogen) atoms. The van der Waals surface area contributed by atoms with Crippen molar-refractivity contribution in [2.45, 2.75) is 25.7 Å². The zero-order chi connectivity index (χ0) is 17.5. The molecule has 2 nitrogen and oxygen atoms in total. The van der Waals surface area contributed by atoms with Gasteiger partial charge in [0, 0.05) is 27.9 Å². The second kappa shape index (κ2) is 9.30. The fourth-order valence-electron chi connectivity index (χ4n) is 2.26. The van der Waals surface area contributed by atoms with E-state index in [9.17, 15) is 0 Å². The monoisotopic (exact) mass is 378 g/mol. The number of anilines is 1. The van der Waals surface area contributed by atoms with Gasteiger partial charge in [0.2, 0.25) is 0 Å². The fourth-order valence-corrected chi connectivity index (χ4v) is 3.50. The molecule has 128 valence electrons. The van der Waals surface area contributed by atoms with E-state index in [0.717, 1.165) is 23.0 Å². The Balaban J connectivity index is 1.76. The van der Waals surface area contributed by atoms with E-state index in [0.29, 0.717) is 11.0 Å². The Kier molecular flexibility index (Phi) is 7.40. The summed E-state index contributed by atoms with van der Waals surface area (Å²) in [5.74, 6) is 1.53. The van der Waals surface area contributed by atoms with Crippen LogP contribution in [0.25, 0.3) is 0 Å². The summed E-state index contributed by atoms with van der Waals surface area (Å²) in [6.07, 6.45) is 0. The number of nitrogens with one attached hydrogen (secondary N) is 2. The number of rotatable bonds is 6. The Morgan fingerprint density at radius 1 is 1.12 bits per heavy atom. The standard InChI is InChI=1S/C19H23ClN2S2/c1-13(12-24-17-9-7-16(20)8-10-17)11-21-19(23)22-18-14(2)5-4-6-15(18)3/h4-10,13H,11-12H2,1-3H3,(H2,21,22,23). The van der Waals surface area contributed by atoms with Gasteiger partial charge in [0.15, 0.2) is 5.11 Å². The van der Waals surface area contributed by atoms with Crippen molar-refractivity contribution < 1.29 is 0 Å². The summed E-state index contributed by atoms with van der Waals surface area (Å²) in [5.41, 5.74) is 3.49. The van der Waals surface area contributed by atoms with E-state index in [2.05, 4.69) is 61.7 Å². The maximum atomic E-state index is 5.91. The molecule has 2 aromatic rings. The first-order valence-electron chi connectivity index (χ1n) is 7.95. The molecule has 0 aromatic heterocycles. The van der Waals surface area contributed by atoms with Crippen LogP contribution in [0.1, 0.15) is 18.1 Å². The van der Waals surface area contributed by atoms with Gasteiger partial charge in [-0.2, -0.15) is 0 Å². The lowest BCUT2D eigenvalue weighted by atomic mass is 10.1. The van der Waals surface area contributed by atoms with E-state index in [-0.39, 0.29) is 0 Å². The summed E-state index contributed by atoms with van der Waals surface area (Å²) in [6.45, 7) is 7.24. The van der Waals surface area contributed by atoms with Crippen molar-refractivity contribution in [2.75, 3.05) is 17.6 Å². The molecular weight excluding hydrogens is 356 g/mol. The van der Waals surface area contributed by atoms with Crippen LogP contribution in [0.5, 0.6) is 0 Å². The van der Waals surface area contributed by atoms with Crippen LogP contribution < -0.4 is 10.6 Å². The van der Waals surface area contributed by atoms with Crippen molar-refractivity contribution >= 4 is 46.4 Å². The number of benzene rings is 2. The number of thiocarbonyl (C=S) groups is 1. The molecule has 0 aliphatic rings. The van der Waals surface area contributed by atoms with Crippen molar-refractivity contribution in [1.82, 2.24) is 5.32 Å². The number of para-hydroxylation sites is 1. The van der Waals surface area contributed by atoms with Gasteiger partial charge >= 0.3 is 0 Å². The Labute approximate surface area is 159 Å². The van der Waals surface area contributed by atoms with E-state index in [4.69, 9.17) is 23.8 Å². The predicted molar refractivity (Wildman–Crippen MR) is 111 cm³/mol. The summed E-state index contributed by atoms with van der Waals surface area (Å²) in [6, 6.07) is 14.2. The number of aryl methyl sites for hydroxylation is 2. The lowest BCUT2D eigenvalue weighted by molar-refractivity contribution is 0.637. The van der Waals surface area contributed by atoms with Crippen molar-refractivity contribution in [3.05, 3.63) is 58.6 Å². The van der Waals surface area contributed by atoms with Gasteiger partial charge in [0.1, 0.15) is 0 Å². The molecule has 0 spiro atoms. The molecule has 0 heterocycles. The summed E-state index contributed by atoms with van der Waals surface area (Å²) in [5, 5.41) is 8.08. The highest BCUT2D eigenvalue weighted by atomic mass is 35.5. The van der Waals surface area contributed by atoms with Gasteiger partial charge in [0.25, 0.3) is 0 Å². The van der Waals surface area contributed by atoms with Crippen LogP contribution >= 0.6 is 35.6 Å². The summed E-state index contributed by atoms with van der Waals surface area (Å²) in [7, 11) is 0. The third-order valence-electron chi connectivity index (χ3n) is 3.68. The topological polar surface area (TPSA) is 24.1 Å². The minimum absolute atomic E-state index is 0.503. The van der Waals surface area contributed by atoms with E-state index in [1.807, 2.05) is 23.9 Å². The van der Waals surface area contributed by atoms with E-state index in [1.165, 1.54) is 16.0 Å². The van der Waals surface area contributed by atoms with Crippen LogP contribution in [0.3, 0.4) is 0 Å². The van der Waals surface area contributed by atoms with Gasteiger partial charge in [-0.05, 0) is 67.4 Å². The lowest BCUT2D eigenvalue weighted by Crippen LogP contribution is -2.33. The number of halogens is 1. The van der Waals surface area contributed by atoms with Crippen molar-refractivity contribution in [2.24, 2.45) is 5.92 Å². The quantitative estimate of drug-likeness (QED) is 0.499. The Bertz CT molecular complexity index is 666. The summed E-state index contributed by atoms with van der Waals surface area (Å²) < 4.78 is 0. The summed E-state index contributed by atoms with van der Waals surface area (Å²) >= 11 is 13.2. The van der Waals surface area contributed by atoms with Crippen LogP contribution in [0.4, 0.5) is 5.69 Å². The SMILES string of the molecule is Cc1cccc(C)c1NC(=S)NCC(C)CSc1ccc(Cl)cc1. The number of hydrogen-bond acceptors (Lipinski definition) is 2. The van der Waals surface area contributed by atoms with Gasteiger partial charge in [-0.1, -0.05) is 36.7 Å². The van der Waals surface area contributed by atoms with Gasteiger partial charge in [-0.15, -0.1) is 11.8 Å². The average molecular weight is 379 g/mol. The largest absolute Gasteiger partial charge is 0.362 e. The van der Waals surface area contributed by atoms with Crippen LogP contribution in [-0.2, 0) is 0 Å². The number of thioether (sulfide) groups is 1. The van der Waals surface area contributed by atoms with Crippen molar-refractivity contribution in [3.63, 3.8) is 0 Å². The average Bonchev–Trinajstić information content (AvgIpc) is 2.56. The van der Waals surface area contributed by atoms with E-state index < -0.39 is 0 Å². The molecule has 0 fully saturated rings. The van der Waals surface area contributed by atoms with Crippen molar-refractivity contribution in [1.29, 1.82) is 0 Å². The molecular formula is C19H23ClN2S2. The van der Waals surface area contributed by atoms with Crippen LogP contribution in [0.2, 0.25) is 5.02 Å². The normalized spacial score (nSPS) is 11.8. The van der Waals surface area contributed by atoms with Crippen LogP contribution in [-0.4, -0.2) is 17.4 Å². The fraction of sp³-hybridized carbons (Fsp3) is 0.316. The number of hydrogen-bond donors (Lipinski definition) is 2. The van der Waals surface area contributed by atoms with Crippen LogP contribution in [0, 0.1) is 19.8 Å². The molecule has 5 heteroatoms. The van der Waals surface area contributed by atoms with E-state index >= 15 is 0 Å². The van der Waals surface area contributed by atoms with Gasteiger partial charge in [0.05, 0.1) is 0 Å². The highest BCUT2D eigenvalue weighted by Crippen LogP contribution is 2.22. The first-order valence-corrected chi connectivity index (χ1v) is 9.72. The van der Waals surface area contributed by atoms with Gasteiger partial charge < -0.3 is 10.6 Å². The molecule has 2 rings (SSSR count). The molecule has 0 radical (unpaired) electrons. The minimum atomic E-state index is 0.503. The second-order valence-corrected chi connectivity index (χ2v) is 7.91. The molecule has 0 saturated heterocycles. The zero-order valence-corrected chi connectivity index (χ0v) is 16.6. The molecule has 0 aliphatic carbocycles. The first kappa shape index (κ1) is 19.1. The first-order chi connectivity index (χ1) is 11.5. The predicted octanol–water partition coefficient (Wildman–Crippen LogP) is 5.67. The Hall–Kier alpha value is -1.23. The van der Waals surface area contributed by atoms with Gasteiger partial charge in [-0.3, -0.25) is 0 Å². The summed E-state index contributed by atoms with van der Waals surface area (Å²) in [4.78, 5) is 1.24. The molecule has 0 aliphatic heterocycles. The lowest BCUT2D eigenvalue weighted by Gasteiger charge is -2.17. The molecule has 0 bridgehead atoms. The highest BCUT2D eigenvalue weighted by molar-refractivity contribution is 7.99. The molecule has 1 atom stereocenters. The third-order valence-corrected chi connectivity index (χ3v) is 5.52. The van der Waals surface area contributed by atoms with Crippen LogP contribution in [0.15, 0.2) is 47.4 Å².